The molecule has 62 valence electrons. The third-order valence-electron chi connectivity index (χ3n) is 1.29. The zero-order chi connectivity index (χ0) is 9.14. The number of benzene rings is 1. The average Bonchev–Trinajstić information content (AvgIpc) is 2.01. The maximum absolute atomic E-state index is 12.7. The van der Waals surface area contributed by atoms with Gasteiger partial charge in [0, 0.05) is 5.02 Å². The van der Waals surface area contributed by atoms with E-state index in [4.69, 9.17) is 16.9 Å². The molecule has 1 nitrogen and oxygen atoms in total. The van der Waals surface area contributed by atoms with E-state index >= 15 is 0 Å². The van der Waals surface area contributed by atoms with Gasteiger partial charge in [-0.2, -0.15) is 5.26 Å². The van der Waals surface area contributed by atoms with Crippen LogP contribution in [0, 0.1) is 17.1 Å². The van der Waals surface area contributed by atoms with Crippen LogP contribution in [0.3, 0.4) is 0 Å². The minimum atomic E-state index is -0.509. The standard InChI is InChI=1S/C8H4BrClFN/c9-8(4-12)5-1-6(10)3-7(11)2-5/h1-3,8H. The highest BCUT2D eigenvalue weighted by Crippen LogP contribution is 2.25. The predicted molar refractivity (Wildman–Crippen MR) is 48.7 cm³/mol. The molecule has 1 atom stereocenters. The number of hydrogen-bond donors (Lipinski definition) is 0. The highest BCUT2D eigenvalue weighted by Gasteiger charge is 2.07. The number of nitriles is 1. The van der Waals surface area contributed by atoms with E-state index in [9.17, 15) is 4.39 Å². The molecule has 0 amide bonds. The van der Waals surface area contributed by atoms with Crippen molar-refractivity contribution in [3.8, 4) is 6.07 Å². The Hall–Kier alpha value is -0.590. The van der Waals surface area contributed by atoms with E-state index in [1.807, 2.05) is 6.07 Å². The number of rotatable bonds is 1. The van der Waals surface area contributed by atoms with Crippen molar-refractivity contribution in [1.29, 1.82) is 5.26 Å². The summed E-state index contributed by atoms with van der Waals surface area (Å²) in [5.74, 6) is -0.433. The molecule has 0 saturated carbocycles. The van der Waals surface area contributed by atoms with Gasteiger partial charge in [0.25, 0.3) is 0 Å². The fraction of sp³-hybridized carbons (Fsp3) is 0.125. The van der Waals surface area contributed by atoms with Gasteiger partial charge < -0.3 is 0 Å². The highest BCUT2D eigenvalue weighted by atomic mass is 79.9. The minimum Gasteiger partial charge on any atom is -0.207 e. The summed E-state index contributed by atoms with van der Waals surface area (Å²) in [5.41, 5.74) is 0.530. The molecule has 0 N–H and O–H groups in total. The zero-order valence-electron chi connectivity index (χ0n) is 5.89. The number of halogens is 3. The Balaban J connectivity index is 3.10. The molecular weight excluding hydrogens is 244 g/mol. The van der Waals surface area contributed by atoms with Gasteiger partial charge in [0.15, 0.2) is 0 Å². The second kappa shape index (κ2) is 3.88. The SMILES string of the molecule is N#CC(Br)c1cc(F)cc(Cl)c1. The maximum atomic E-state index is 12.7. The van der Waals surface area contributed by atoms with Gasteiger partial charge in [-0.25, -0.2) is 4.39 Å². The highest BCUT2D eigenvalue weighted by molar-refractivity contribution is 9.09. The molecule has 0 aliphatic rings. The van der Waals surface area contributed by atoms with Crippen molar-refractivity contribution in [2.75, 3.05) is 0 Å². The fourth-order valence-electron chi connectivity index (χ4n) is 0.796. The lowest BCUT2D eigenvalue weighted by molar-refractivity contribution is 0.626. The Labute approximate surface area is 82.9 Å². The summed E-state index contributed by atoms with van der Waals surface area (Å²) in [6, 6.07) is 5.94. The van der Waals surface area contributed by atoms with Gasteiger partial charge >= 0.3 is 0 Å². The molecule has 1 unspecified atom stereocenters. The average molecular weight is 248 g/mol. The molecule has 4 heteroatoms. The summed E-state index contributed by atoms with van der Waals surface area (Å²) in [5, 5.41) is 8.80. The van der Waals surface area contributed by atoms with Crippen molar-refractivity contribution < 1.29 is 4.39 Å². The number of nitrogens with zero attached hydrogens (tertiary/aromatic N) is 1. The Morgan fingerprint density at radius 3 is 2.67 bits per heavy atom. The largest absolute Gasteiger partial charge is 0.207 e. The molecule has 0 bridgehead atoms. The van der Waals surface area contributed by atoms with E-state index in [1.54, 1.807) is 6.07 Å². The third kappa shape index (κ3) is 2.20. The summed E-state index contributed by atoms with van der Waals surface area (Å²) in [7, 11) is 0. The molecule has 1 aromatic carbocycles. The molecule has 0 saturated heterocycles. The van der Waals surface area contributed by atoms with Crippen LogP contribution in [0.1, 0.15) is 10.4 Å². The molecule has 0 aliphatic carbocycles. The quantitative estimate of drug-likeness (QED) is 0.699. The predicted octanol–water partition coefficient (Wildman–Crippen LogP) is 3.44. The van der Waals surface area contributed by atoms with E-state index in [0.717, 1.165) is 0 Å². The summed E-state index contributed by atoms with van der Waals surface area (Å²) < 4.78 is 12.7. The smallest absolute Gasteiger partial charge is 0.126 e. The lowest BCUT2D eigenvalue weighted by atomic mass is 10.2. The van der Waals surface area contributed by atoms with Gasteiger partial charge in [-0.15, -0.1) is 0 Å². The van der Waals surface area contributed by atoms with Gasteiger partial charge in [-0.1, -0.05) is 27.5 Å². The topological polar surface area (TPSA) is 23.8 Å². The van der Waals surface area contributed by atoms with E-state index < -0.39 is 10.6 Å². The van der Waals surface area contributed by atoms with E-state index in [0.29, 0.717) is 10.6 Å². The Kier molecular flexibility index (Phi) is 3.07. The van der Waals surface area contributed by atoms with Crippen LogP contribution in [-0.4, -0.2) is 0 Å². The molecule has 1 aromatic rings. The van der Waals surface area contributed by atoms with Crippen LogP contribution in [0.4, 0.5) is 4.39 Å². The van der Waals surface area contributed by atoms with Gasteiger partial charge in [-0.05, 0) is 23.8 Å². The monoisotopic (exact) mass is 247 g/mol. The molecule has 0 heterocycles. The lowest BCUT2D eigenvalue weighted by Gasteiger charge is -2.01. The van der Waals surface area contributed by atoms with Crippen LogP contribution in [-0.2, 0) is 0 Å². The first-order chi connectivity index (χ1) is 5.63. The van der Waals surface area contributed by atoms with Crippen molar-refractivity contribution in [2.45, 2.75) is 4.83 Å². The van der Waals surface area contributed by atoms with Crippen LogP contribution in [0.2, 0.25) is 5.02 Å². The normalized spacial score (nSPS) is 12.2. The molecular formula is C8H4BrClFN. The zero-order valence-corrected chi connectivity index (χ0v) is 8.23. The van der Waals surface area contributed by atoms with Gasteiger partial charge in [-0.3, -0.25) is 0 Å². The van der Waals surface area contributed by atoms with Gasteiger partial charge in [0.05, 0.1) is 6.07 Å². The van der Waals surface area contributed by atoms with E-state index in [1.165, 1.54) is 12.1 Å². The summed E-state index contributed by atoms with van der Waals surface area (Å²) in [4.78, 5) is -0.509. The fourth-order valence-corrected chi connectivity index (χ4v) is 1.29. The summed E-state index contributed by atoms with van der Waals surface area (Å²) in [6.45, 7) is 0. The van der Waals surface area contributed by atoms with Crippen molar-refractivity contribution in [2.24, 2.45) is 0 Å². The van der Waals surface area contributed by atoms with E-state index in [-0.39, 0.29) is 0 Å². The maximum Gasteiger partial charge on any atom is 0.126 e. The van der Waals surface area contributed by atoms with E-state index in [2.05, 4.69) is 15.9 Å². The lowest BCUT2D eigenvalue weighted by Crippen LogP contribution is -1.87. The molecule has 0 aliphatic heterocycles. The number of hydrogen-bond acceptors (Lipinski definition) is 1. The first kappa shape index (κ1) is 9.50. The molecule has 0 spiro atoms. The Morgan fingerprint density at radius 2 is 2.17 bits per heavy atom. The van der Waals surface area contributed by atoms with Crippen molar-refractivity contribution in [3.63, 3.8) is 0 Å². The van der Waals surface area contributed by atoms with Crippen LogP contribution in [0.5, 0.6) is 0 Å². The second-order valence-electron chi connectivity index (χ2n) is 2.19. The molecule has 0 radical (unpaired) electrons. The van der Waals surface area contributed by atoms with Crippen LogP contribution < -0.4 is 0 Å². The minimum absolute atomic E-state index is 0.296. The van der Waals surface area contributed by atoms with Gasteiger partial charge in [0.1, 0.15) is 10.6 Å². The first-order valence-corrected chi connectivity index (χ1v) is 4.42. The molecule has 0 fully saturated rings. The van der Waals surface area contributed by atoms with Gasteiger partial charge in [0.2, 0.25) is 0 Å². The molecule has 0 aromatic heterocycles. The molecule has 1 rings (SSSR count). The van der Waals surface area contributed by atoms with Crippen molar-refractivity contribution >= 4 is 27.5 Å². The van der Waals surface area contributed by atoms with Crippen LogP contribution in [0.25, 0.3) is 0 Å². The second-order valence-corrected chi connectivity index (χ2v) is 3.55. The third-order valence-corrected chi connectivity index (χ3v) is 2.24. The van der Waals surface area contributed by atoms with Crippen LogP contribution >= 0.6 is 27.5 Å². The summed E-state index contributed by atoms with van der Waals surface area (Å²) >= 11 is 8.65. The Morgan fingerprint density at radius 1 is 1.50 bits per heavy atom. The first-order valence-electron chi connectivity index (χ1n) is 3.13. The van der Waals surface area contributed by atoms with Crippen LogP contribution in [0.15, 0.2) is 18.2 Å². The molecule has 12 heavy (non-hydrogen) atoms. The Bertz CT molecular complexity index is 314. The van der Waals surface area contributed by atoms with Crippen molar-refractivity contribution in [1.82, 2.24) is 0 Å². The number of alkyl halides is 1. The summed E-state index contributed by atoms with van der Waals surface area (Å²) in [6.07, 6.45) is 0. The van der Waals surface area contributed by atoms with Crippen molar-refractivity contribution in [3.05, 3.63) is 34.6 Å².